The molecule has 0 unspecified atom stereocenters. The second kappa shape index (κ2) is 9.54. The number of hydrogen-bond donors (Lipinski definition) is 0. The molecule has 1 amide bonds. The first-order valence-corrected chi connectivity index (χ1v) is 8.77. The fraction of sp³-hybridized carbons (Fsp3) is 0.300. The van der Waals surface area contributed by atoms with E-state index in [0.717, 1.165) is 0 Å². The standard InChI is InChI=1S/C20H22N2O7/c1-13(2)28-20(24)27-12-14-5-10-17(22(25)26)18(11-14)29-16-8-6-15(7-9-16)19(23)21(3)4/h5-11,13H,12H2,1-4H3. The Kier molecular flexibility index (Phi) is 7.13. The number of hydrogen-bond acceptors (Lipinski definition) is 7. The third kappa shape index (κ3) is 6.20. The summed E-state index contributed by atoms with van der Waals surface area (Å²) in [5, 5.41) is 11.3. The number of nitro benzene ring substituents is 1. The van der Waals surface area contributed by atoms with Gasteiger partial charge in [-0.2, -0.15) is 0 Å². The van der Waals surface area contributed by atoms with Crippen molar-refractivity contribution in [1.29, 1.82) is 0 Å². The number of ether oxygens (including phenoxy) is 3. The summed E-state index contributed by atoms with van der Waals surface area (Å²) >= 11 is 0. The fourth-order valence-electron chi connectivity index (χ4n) is 2.30. The molecule has 0 aliphatic heterocycles. The van der Waals surface area contributed by atoms with Crippen molar-refractivity contribution in [2.75, 3.05) is 14.1 Å². The summed E-state index contributed by atoms with van der Waals surface area (Å²) in [6, 6.07) is 10.4. The summed E-state index contributed by atoms with van der Waals surface area (Å²) in [5.74, 6) is 0.135. The topological polar surface area (TPSA) is 108 Å². The van der Waals surface area contributed by atoms with Gasteiger partial charge < -0.3 is 19.1 Å². The Morgan fingerprint density at radius 2 is 1.76 bits per heavy atom. The fourth-order valence-corrected chi connectivity index (χ4v) is 2.30. The Morgan fingerprint density at radius 1 is 1.10 bits per heavy atom. The van der Waals surface area contributed by atoms with Crippen LogP contribution in [-0.2, 0) is 16.1 Å². The molecular formula is C20H22N2O7. The molecule has 0 saturated carbocycles. The lowest BCUT2D eigenvalue weighted by Gasteiger charge is -2.12. The number of benzene rings is 2. The SMILES string of the molecule is CC(C)OC(=O)OCc1ccc([N+](=O)[O-])c(Oc2ccc(C(=O)N(C)C)cc2)c1. The van der Waals surface area contributed by atoms with E-state index < -0.39 is 11.1 Å². The first-order valence-electron chi connectivity index (χ1n) is 8.77. The highest BCUT2D eigenvalue weighted by atomic mass is 16.7. The molecule has 154 valence electrons. The van der Waals surface area contributed by atoms with Crippen LogP contribution in [0.25, 0.3) is 0 Å². The van der Waals surface area contributed by atoms with Crippen LogP contribution in [0.1, 0.15) is 29.8 Å². The molecule has 0 saturated heterocycles. The van der Waals surface area contributed by atoms with Crippen molar-refractivity contribution >= 4 is 17.7 Å². The Morgan fingerprint density at radius 3 is 2.31 bits per heavy atom. The van der Waals surface area contributed by atoms with Crippen molar-refractivity contribution in [3.05, 3.63) is 63.7 Å². The van der Waals surface area contributed by atoms with Crippen molar-refractivity contribution in [2.24, 2.45) is 0 Å². The second-order valence-electron chi connectivity index (χ2n) is 6.59. The summed E-state index contributed by atoms with van der Waals surface area (Å²) < 4.78 is 15.5. The number of amides is 1. The predicted octanol–water partition coefficient (Wildman–Crippen LogP) is 4.15. The summed E-state index contributed by atoms with van der Waals surface area (Å²) in [5.41, 5.74) is 0.709. The normalized spacial score (nSPS) is 10.4. The van der Waals surface area contributed by atoms with Crippen molar-refractivity contribution in [1.82, 2.24) is 4.90 Å². The maximum absolute atomic E-state index is 11.9. The average molecular weight is 402 g/mol. The van der Waals surface area contributed by atoms with Crippen molar-refractivity contribution in [2.45, 2.75) is 26.6 Å². The summed E-state index contributed by atoms with van der Waals surface area (Å²) in [6.45, 7) is 3.25. The molecule has 0 aromatic heterocycles. The highest BCUT2D eigenvalue weighted by molar-refractivity contribution is 5.93. The highest BCUT2D eigenvalue weighted by Gasteiger charge is 2.18. The van der Waals surface area contributed by atoms with Gasteiger partial charge in [0.15, 0.2) is 0 Å². The minimum Gasteiger partial charge on any atom is -0.450 e. The van der Waals surface area contributed by atoms with E-state index in [1.165, 1.54) is 23.1 Å². The summed E-state index contributed by atoms with van der Waals surface area (Å²) in [4.78, 5) is 35.6. The van der Waals surface area contributed by atoms with Crippen LogP contribution in [0.3, 0.4) is 0 Å². The van der Waals surface area contributed by atoms with Crippen molar-refractivity contribution in [3.63, 3.8) is 0 Å². The lowest BCUT2D eigenvalue weighted by Crippen LogP contribution is -2.21. The molecule has 0 radical (unpaired) electrons. The molecule has 0 aliphatic carbocycles. The molecule has 2 rings (SSSR count). The van der Waals surface area contributed by atoms with Crippen LogP contribution in [0.15, 0.2) is 42.5 Å². The Labute approximate surface area is 167 Å². The van der Waals surface area contributed by atoms with Crippen molar-refractivity contribution < 1.29 is 28.7 Å². The van der Waals surface area contributed by atoms with Gasteiger partial charge in [-0.1, -0.05) is 0 Å². The van der Waals surface area contributed by atoms with E-state index >= 15 is 0 Å². The smallest absolute Gasteiger partial charge is 0.450 e. The largest absolute Gasteiger partial charge is 0.508 e. The first-order chi connectivity index (χ1) is 13.7. The monoisotopic (exact) mass is 402 g/mol. The molecule has 2 aromatic carbocycles. The molecule has 0 N–H and O–H groups in total. The minimum atomic E-state index is -0.832. The predicted molar refractivity (Wildman–Crippen MR) is 104 cm³/mol. The molecule has 0 atom stereocenters. The van der Waals surface area contributed by atoms with Crippen molar-refractivity contribution in [3.8, 4) is 11.5 Å². The zero-order chi connectivity index (χ0) is 21.6. The van der Waals surface area contributed by atoms with Gasteiger partial charge in [0.25, 0.3) is 5.91 Å². The van der Waals surface area contributed by atoms with Crippen LogP contribution in [-0.4, -0.2) is 42.1 Å². The van der Waals surface area contributed by atoms with E-state index in [1.807, 2.05) is 0 Å². The Hall–Kier alpha value is -3.62. The van der Waals surface area contributed by atoms with Crippen LogP contribution >= 0.6 is 0 Å². The molecule has 0 bridgehead atoms. The van der Waals surface area contributed by atoms with E-state index in [2.05, 4.69) is 0 Å². The third-order valence-corrected chi connectivity index (χ3v) is 3.64. The van der Waals surface area contributed by atoms with Crippen LogP contribution in [0, 0.1) is 10.1 Å². The van der Waals surface area contributed by atoms with E-state index in [4.69, 9.17) is 14.2 Å². The van der Waals surface area contributed by atoms with Gasteiger partial charge in [0, 0.05) is 25.7 Å². The van der Waals surface area contributed by atoms with E-state index in [1.54, 1.807) is 52.2 Å². The molecular weight excluding hydrogens is 380 g/mol. The zero-order valence-corrected chi connectivity index (χ0v) is 16.6. The molecule has 0 aliphatic rings. The number of carbonyl (C=O) groups is 2. The maximum atomic E-state index is 11.9. The molecule has 0 fully saturated rings. The van der Waals surface area contributed by atoms with Crippen LogP contribution in [0.4, 0.5) is 10.5 Å². The molecule has 2 aromatic rings. The molecule has 0 heterocycles. The zero-order valence-electron chi connectivity index (χ0n) is 16.6. The lowest BCUT2D eigenvalue weighted by molar-refractivity contribution is -0.385. The van der Waals surface area contributed by atoms with Gasteiger partial charge >= 0.3 is 11.8 Å². The van der Waals surface area contributed by atoms with Crippen LogP contribution < -0.4 is 4.74 Å². The maximum Gasteiger partial charge on any atom is 0.508 e. The summed E-state index contributed by atoms with van der Waals surface area (Å²) in [6.07, 6.45) is -1.15. The lowest BCUT2D eigenvalue weighted by atomic mass is 10.2. The van der Waals surface area contributed by atoms with Gasteiger partial charge in [-0.15, -0.1) is 0 Å². The molecule has 9 nitrogen and oxygen atoms in total. The van der Waals surface area contributed by atoms with Gasteiger partial charge in [0.2, 0.25) is 5.75 Å². The van der Waals surface area contributed by atoms with E-state index in [-0.39, 0.29) is 30.1 Å². The second-order valence-corrected chi connectivity index (χ2v) is 6.59. The minimum absolute atomic E-state index is 0.0139. The average Bonchev–Trinajstić information content (AvgIpc) is 2.65. The van der Waals surface area contributed by atoms with Crippen LogP contribution in [0.2, 0.25) is 0 Å². The number of nitrogens with zero attached hydrogens (tertiary/aromatic N) is 2. The van der Waals surface area contributed by atoms with Gasteiger partial charge in [-0.05, 0) is 55.8 Å². The van der Waals surface area contributed by atoms with Gasteiger partial charge in [0.1, 0.15) is 12.4 Å². The van der Waals surface area contributed by atoms with Gasteiger partial charge in [0.05, 0.1) is 11.0 Å². The summed E-state index contributed by atoms with van der Waals surface area (Å²) in [7, 11) is 3.28. The number of rotatable bonds is 7. The van der Waals surface area contributed by atoms with Crippen LogP contribution in [0.5, 0.6) is 11.5 Å². The van der Waals surface area contributed by atoms with Gasteiger partial charge in [-0.25, -0.2) is 4.79 Å². The Bertz CT molecular complexity index is 892. The van der Waals surface area contributed by atoms with Gasteiger partial charge in [-0.3, -0.25) is 14.9 Å². The quantitative estimate of drug-likeness (QED) is 0.389. The first kappa shape index (κ1) is 21.7. The molecule has 9 heteroatoms. The Balaban J connectivity index is 2.18. The third-order valence-electron chi connectivity index (χ3n) is 3.64. The molecule has 0 spiro atoms. The number of carbonyl (C=O) groups excluding carboxylic acids is 2. The molecule has 29 heavy (non-hydrogen) atoms. The highest BCUT2D eigenvalue weighted by Crippen LogP contribution is 2.32. The number of nitro groups is 1. The van der Waals surface area contributed by atoms with E-state index in [9.17, 15) is 19.7 Å². The van der Waals surface area contributed by atoms with E-state index in [0.29, 0.717) is 16.9 Å².